The summed E-state index contributed by atoms with van der Waals surface area (Å²) >= 11 is 0. The van der Waals surface area contributed by atoms with Crippen LogP contribution in [0, 0.1) is 13.8 Å². The summed E-state index contributed by atoms with van der Waals surface area (Å²) < 4.78 is 0. The molecule has 0 spiro atoms. The van der Waals surface area contributed by atoms with Gasteiger partial charge in [-0.05, 0) is 37.1 Å². The summed E-state index contributed by atoms with van der Waals surface area (Å²) in [4.78, 5) is 15.6. The molecule has 0 saturated carbocycles. The Morgan fingerprint density at radius 2 is 1.95 bits per heavy atom. The molecule has 0 radical (unpaired) electrons. The molecule has 2 rings (SSSR count). The number of hydrazone groups is 1. The molecule has 1 aromatic carbocycles. The van der Waals surface area contributed by atoms with Crippen LogP contribution in [0.2, 0.25) is 0 Å². The first kappa shape index (κ1) is 13.0. The summed E-state index contributed by atoms with van der Waals surface area (Å²) in [6.07, 6.45) is 4.80. The first-order chi connectivity index (χ1) is 9.16. The summed E-state index contributed by atoms with van der Waals surface area (Å²) in [5, 5.41) is 3.97. The van der Waals surface area contributed by atoms with E-state index >= 15 is 0 Å². The molecule has 0 fully saturated rings. The van der Waals surface area contributed by atoms with E-state index in [9.17, 15) is 4.79 Å². The average molecular weight is 253 g/mol. The monoisotopic (exact) mass is 253 g/mol. The number of aryl methyl sites for hydroxylation is 2. The molecule has 0 saturated heterocycles. The van der Waals surface area contributed by atoms with E-state index in [1.807, 2.05) is 32.0 Å². The number of carbonyl (C=O) groups excluding carboxylic acids is 1. The molecular weight excluding hydrogens is 238 g/mol. The third-order valence-corrected chi connectivity index (χ3v) is 2.75. The normalized spacial score (nSPS) is 10.6. The number of rotatable bonds is 3. The molecular formula is C15H15N3O. The van der Waals surface area contributed by atoms with Gasteiger partial charge in [0.05, 0.1) is 6.21 Å². The molecule has 0 aliphatic carbocycles. The molecule has 4 nitrogen and oxygen atoms in total. The van der Waals surface area contributed by atoms with Gasteiger partial charge in [-0.3, -0.25) is 9.78 Å². The Labute approximate surface area is 112 Å². The first-order valence-electron chi connectivity index (χ1n) is 5.97. The minimum absolute atomic E-state index is 0.246. The molecule has 1 heterocycles. The first-order valence-corrected chi connectivity index (χ1v) is 5.97. The van der Waals surface area contributed by atoms with Crippen molar-refractivity contribution in [3.05, 3.63) is 65.0 Å². The van der Waals surface area contributed by atoms with Crippen molar-refractivity contribution in [2.24, 2.45) is 5.10 Å². The molecule has 0 aliphatic heterocycles. The molecule has 0 atom stereocenters. The number of hydrogen-bond donors (Lipinski definition) is 1. The molecule has 4 heteroatoms. The van der Waals surface area contributed by atoms with Crippen LogP contribution in [0.4, 0.5) is 0 Å². The number of hydrogen-bond acceptors (Lipinski definition) is 3. The molecule has 1 amide bonds. The summed E-state index contributed by atoms with van der Waals surface area (Å²) in [6.45, 7) is 4.03. The molecule has 0 aliphatic rings. The second kappa shape index (κ2) is 5.91. The Morgan fingerprint density at radius 3 is 2.68 bits per heavy atom. The summed E-state index contributed by atoms with van der Waals surface area (Å²) in [7, 11) is 0. The van der Waals surface area contributed by atoms with Crippen molar-refractivity contribution in [2.75, 3.05) is 0 Å². The zero-order valence-corrected chi connectivity index (χ0v) is 10.9. The van der Waals surface area contributed by atoms with Gasteiger partial charge in [-0.2, -0.15) is 5.10 Å². The summed E-state index contributed by atoms with van der Waals surface area (Å²) in [5.74, 6) is -0.246. The quantitative estimate of drug-likeness (QED) is 0.674. The second-order valence-electron chi connectivity index (χ2n) is 4.30. The maximum absolute atomic E-state index is 11.7. The van der Waals surface area contributed by atoms with Gasteiger partial charge in [0.2, 0.25) is 0 Å². The maximum Gasteiger partial charge on any atom is 0.271 e. The molecule has 1 N–H and O–H groups in total. The zero-order chi connectivity index (χ0) is 13.7. The fraction of sp³-hybridized carbons (Fsp3) is 0.133. The Balaban J connectivity index is 2.04. The van der Waals surface area contributed by atoms with Crippen LogP contribution in [0.5, 0.6) is 0 Å². The lowest BCUT2D eigenvalue weighted by Crippen LogP contribution is -2.17. The van der Waals surface area contributed by atoms with Crippen LogP contribution in [0.1, 0.15) is 27.0 Å². The molecule has 1 aromatic heterocycles. The van der Waals surface area contributed by atoms with Gasteiger partial charge in [-0.1, -0.05) is 23.8 Å². The van der Waals surface area contributed by atoms with Crippen molar-refractivity contribution in [3.63, 3.8) is 0 Å². The number of carbonyl (C=O) groups is 1. The highest BCUT2D eigenvalue weighted by Gasteiger charge is 2.02. The van der Waals surface area contributed by atoms with Gasteiger partial charge in [-0.15, -0.1) is 0 Å². The van der Waals surface area contributed by atoms with Gasteiger partial charge in [0.25, 0.3) is 5.91 Å². The van der Waals surface area contributed by atoms with Crippen molar-refractivity contribution >= 4 is 12.1 Å². The highest BCUT2D eigenvalue weighted by Crippen LogP contribution is 2.07. The van der Waals surface area contributed by atoms with Gasteiger partial charge in [0.1, 0.15) is 0 Å². The summed E-state index contributed by atoms with van der Waals surface area (Å²) in [5.41, 5.74) is 6.31. The van der Waals surface area contributed by atoms with Gasteiger partial charge in [-0.25, -0.2) is 5.43 Å². The largest absolute Gasteiger partial charge is 0.271 e. The smallest absolute Gasteiger partial charge is 0.267 e. The summed E-state index contributed by atoms with van der Waals surface area (Å²) in [6, 6.07) is 9.38. The zero-order valence-electron chi connectivity index (χ0n) is 10.9. The van der Waals surface area contributed by atoms with E-state index in [4.69, 9.17) is 0 Å². The molecule has 0 bridgehead atoms. The van der Waals surface area contributed by atoms with Crippen LogP contribution in [-0.4, -0.2) is 17.1 Å². The van der Waals surface area contributed by atoms with Crippen LogP contribution < -0.4 is 5.43 Å². The van der Waals surface area contributed by atoms with E-state index in [2.05, 4.69) is 15.5 Å². The predicted molar refractivity (Wildman–Crippen MR) is 75.2 cm³/mol. The minimum atomic E-state index is -0.246. The number of nitrogens with zero attached hydrogens (tertiary/aromatic N) is 2. The number of pyridine rings is 1. The number of amides is 1. The van der Waals surface area contributed by atoms with Gasteiger partial charge in [0, 0.05) is 18.0 Å². The lowest BCUT2D eigenvalue weighted by atomic mass is 10.1. The van der Waals surface area contributed by atoms with Crippen molar-refractivity contribution < 1.29 is 4.79 Å². The highest BCUT2D eigenvalue weighted by atomic mass is 16.2. The highest BCUT2D eigenvalue weighted by molar-refractivity contribution is 5.94. The predicted octanol–water partition coefficient (Wildman–Crippen LogP) is 2.46. The van der Waals surface area contributed by atoms with E-state index in [0.717, 1.165) is 16.7 Å². The fourth-order valence-electron chi connectivity index (χ4n) is 1.63. The van der Waals surface area contributed by atoms with Crippen LogP contribution in [-0.2, 0) is 0 Å². The van der Waals surface area contributed by atoms with Gasteiger partial charge in [0.15, 0.2) is 0 Å². The van der Waals surface area contributed by atoms with Crippen molar-refractivity contribution in [1.82, 2.24) is 10.4 Å². The number of benzene rings is 1. The Bertz CT molecular complexity index is 606. The van der Waals surface area contributed by atoms with Crippen molar-refractivity contribution in [3.8, 4) is 0 Å². The van der Waals surface area contributed by atoms with E-state index in [-0.39, 0.29) is 5.91 Å². The van der Waals surface area contributed by atoms with E-state index in [0.29, 0.717) is 5.56 Å². The number of nitrogens with one attached hydrogen (secondary N) is 1. The van der Waals surface area contributed by atoms with Gasteiger partial charge < -0.3 is 0 Å². The van der Waals surface area contributed by atoms with Crippen LogP contribution in [0.15, 0.2) is 47.8 Å². The van der Waals surface area contributed by atoms with Crippen LogP contribution >= 0.6 is 0 Å². The maximum atomic E-state index is 11.7. The molecule has 2 aromatic rings. The SMILES string of the molecule is Cc1ccc(C)c(C=NNC(=O)c2ccncc2)c1. The Hall–Kier alpha value is -2.49. The minimum Gasteiger partial charge on any atom is -0.267 e. The van der Waals surface area contributed by atoms with Crippen molar-refractivity contribution in [2.45, 2.75) is 13.8 Å². The van der Waals surface area contributed by atoms with Crippen molar-refractivity contribution in [1.29, 1.82) is 0 Å². The second-order valence-corrected chi connectivity index (χ2v) is 4.30. The lowest BCUT2D eigenvalue weighted by molar-refractivity contribution is 0.0955. The van der Waals surface area contributed by atoms with E-state index in [1.54, 1.807) is 30.7 Å². The molecule has 0 unspecified atom stereocenters. The van der Waals surface area contributed by atoms with E-state index in [1.165, 1.54) is 0 Å². The average Bonchev–Trinajstić information content (AvgIpc) is 2.43. The van der Waals surface area contributed by atoms with Gasteiger partial charge >= 0.3 is 0 Å². The topological polar surface area (TPSA) is 54.4 Å². The standard InChI is InChI=1S/C15H15N3O/c1-11-3-4-12(2)14(9-11)10-17-18-15(19)13-5-7-16-8-6-13/h3-10H,1-2H3,(H,18,19). The lowest BCUT2D eigenvalue weighted by Gasteiger charge is -2.02. The van der Waals surface area contributed by atoms with E-state index < -0.39 is 0 Å². The molecule has 96 valence electrons. The third-order valence-electron chi connectivity index (χ3n) is 2.75. The number of aromatic nitrogens is 1. The van der Waals surface area contributed by atoms with Crippen LogP contribution in [0.25, 0.3) is 0 Å². The molecule has 19 heavy (non-hydrogen) atoms. The Morgan fingerprint density at radius 1 is 1.21 bits per heavy atom. The Kier molecular flexibility index (Phi) is 4.03. The third kappa shape index (κ3) is 3.48. The van der Waals surface area contributed by atoms with Crippen LogP contribution in [0.3, 0.4) is 0 Å². The fourth-order valence-corrected chi connectivity index (χ4v) is 1.63.